The quantitative estimate of drug-likeness (QED) is 0.790. The lowest BCUT2D eigenvalue weighted by Crippen LogP contribution is -2.16. The summed E-state index contributed by atoms with van der Waals surface area (Å²) in [7, 11) is 1.67. The molecular weight excluding hydrogens is 220 g/mol. The summed E-state index contributed by atoms with van der Waals surface area (Å²) in [4.78, 5) is 10.5. The third kappa shape index (κ3) is 5.36. The minimum absolute atomic E-state index is 0.00538. The zero-order chi connectivity index (χ0) is 12.7. The summed E-state index contributed by atoms with van der Waals surface area (Å²) >= 11 is 0. The highest BCUT2D eigenvalue weighted by Gasteiger charge is 2.08. The Balaban J connectivity index is 2.47. The minimum atomic E-state index is -0.853. The second-order valence-corrected chi connectivity index (χ2v) is 3.91. The first-order valence-corrected chi connectivity index (χ1v) is 5.58. The van der Waals surface area contributed by atoms with E-state index in [-0.39, 0.29) is 12.5 Å². The lowest BCUT2D eigenvalue weighted by Gasteiger charge is -2.12. The van der Waals surface area contributed by atoms with Gasteiger partial charge in [-0.25, -0.2) is 0 Å². The Kier molecular flexibility index (Phi) is 5.49. The van der Waals surface area contributed by atoms with Crippen molar-refractivity contribution in [3.05, 3.63) is 29.8 Å². The number of methoxy groups -OCH3 is 1. The molecule has 0 aliphatic rings. The van der Waals surface area contributed by atoms with Gasteiger partial charge in [-0.15, -0.1) is 0 Å². The van der Waals surface area contributed by atoms with E-state index in [1.807, 2.05) is 24.3 Å². The molecule has 0 fully saturated rings. The summed E-state index contributed by atoms with van der Waals surface area (Å²) in [5.74, 6) is -0.158. The molecule has 0 spiro atoms. The zero-order valence-electron chi connectivity index (χ0n) is 10.2. The fraction of sp³-hybridized carbons (Fsp3) is 0.462. The molecule has 0 aromatic heterocycles. The molecule has 0 heterocycles. The van der Waals surface area contributed by atoms with Crippen LogP contribution in [0, 0.1) is 0 Å². The lowest BCUT2D eigenvalue weighted by molar-refractivity contribution is -0.138. The van der Waals surface area contributed by atoms with Crippen LogP contribution in [0.2, 0.25) is 0 Å². The Bertz CT molecular complexity index is 345. The number of benzene rings is 1. The average molecular weight is 238 g/mol. The van der Waals surface area contributed by atoms with Crippen molar-refractivity contribution in [1.29, 1.82) is 0 Å². The highest BCUT2D eigenvalue weighted by molar-refractivity contribution is 5.67. The van der Waals surface area contributed by atoms with Crippen LogP contribution >= 0.6 is 0 Å². The van der Waals surface area contributed by atoms with E-state index in [0.29, 0.717) is 12.4 Å². The monoisotopic (exact) mass is 238 g/mol. The predicted octanol–water partition coefficient (Wildman–Crippen LogP) is 2.12. The van der Waals surface area contributed by atoms with Crippen LogP contribution in [-0.4, -0.2) is 30.9 Å². The second-order valence-electron chi connectivity index (χ2n) is 3.91. The number of hydrogen-bond donors (Lipinski definition) is 1. The molecule has 0 amide bonds. The van der Waals surface area contributed by atoms with Gasteiger partial charge in [-0.05, 0) is 31.0 Å². The number of carbonyl (C=O) groups is 1. The highest BCUT2D eigenvalue weighted by atomic mass is 16.5. The van der Waals surface area contributed by atoms with E-state index < -0.39 is 5.97 Å². The summed E-state index contributed by atoms with van der Waals surface area (Å²) in [5, 5.41) is 8.61. The van der Waals surface area contributed by atoms with E-state index in [4.69, 9.17) is 14.6 Å². The zero-order valence-corrected chi connectivity index (χ0v) is 10.2. The van der Waals surface area contributed by atoms with Gasteiger partial charge in [0.15, 0.2) is 0 Å². The second kappa shape index (κ2) is 6.91. The van der Waals surface area contributed by atoms with Crippen molar-refractivity contribution in [2.75, 3.05) is 13.7 Å². The summed E-state index contributed by atoms with van der Waals surface area (Å²) in [6, 6.07) is 7.62. The molecule has 0 bridgehead atoms. The Hall–Kier alpha value is -1.55. The fourth-order valence-electron chi connectivity index (χ4n) is 1.47. The minimum Gasteiger partial charge on any atom is -0.490 e. The number of rotatable bonds is 7. The molecule has 0 aliphatic heterocycles. The molecule has 94 valence electrons. The average Bonchev–Trinajstić information content (AvgIpc) is 2.27. The van der Waals surface area contributed by atoms with Gasteiger partial charge in [-0.3, -0.25) is 4.79 Å². The van der Waals surface area contributed by atoms with Crippen LogP contribution in [0.25, 0.3) is 0 Å². The van der Waals surface area contributed by atoms with Crippen molar-refractivity contribution in [2.45, 2.75) is 25.9 Å². The third-order valence-electron chi connectivity index (χ3n) is 2.32. The first-order chi connectivity index (χ1) is 8.11. The van der Waals surface area contributed by atoms with Crippen LogP contribution in [-0.2, 0) is 16.0 Å². The Morgan fingerprint density at radius 1 is 1.35 bits per heavy atom. The number of aliphatic carboxylic acids is 1. The maximum absolute atomic E-state index is 10.5. The first kappa shape index (κ1) is 13.5. The predicted molar refractivity (Wildman–Crippen MR) is 64.4 cm³/mol. The van der Waals surface area contributed by atoms with E-state index in [2.05, 4.69) is 0 Å². The van der Waals surface area contributed by atoms with Crippen molar-refractivity contribution in [3.63, 3.8) is 0 Å². The molecule has 4 heteroatoms. The maximum atomic E-state index is 10.5. The van der Waals surface area contributed by atoms with Gasteiger partial charge in [-0.1, -0.05) is 12.1 Å². The van der Waals surface area contributed by atoms with Gasteiger partial charge in [0.2, 0.25) is 0 Å². The van der Waals surface area contributed by atoms with Crippen molar-refractivity contribution in [3.8, 4) is 5.75 Å². The smallest absolute Gasteiger partial charge is 0.307 e. The molecule has 0 unspecified atom stereocenters. The third-order valence-corrected chi connectivity index (χ3v) is 2.32. The molecular formula is C13H18O4. The van der Waals surface area contributed by atoms with Gasteiger partial charge < -0.3 is 14.6 Å². The normalized spacial score (nSPS) is 12.1. The molecule has 1 atom stereocenters. The largest absolute Gasteiger partial charge is 0.490 e. The van der Waals surface area contributed by atoms with E-state index >= 15 is 0 Å². The van der Waals surface area contributed by atoms with E-state index in [9.17, 15) is 4.79 Å². The number of carboxylic acids is 1. The number of hydrogen-bond acceptors (Lipinski definition) is 3. The highest BCUT2D eigenvalue weighted by Crippen LogP contribution is 2.15. The van der Waals surface area contributed by atoms with Gasteiger partial charge in [0.25, 0.3) is 0 Å². The van der Waals surface area contributed by atoms with Gasteiger partial charge in [0.05, 0.1) is 13.0 Å². The van der Waals surface area contributed by atoms with Gasteiger partial charge >= 0.3 is 5.97 Å². The van der Waals surface area contributed by atoms with Crippen LogP contribution in [0.15, 0.2) is 24.3 Å². The lowest BCUT2D eigenvalue weighted by atomic mass is 10.1. The maximum Gasteiger partial charge on any atom is 0.307 e. The van der Waals surface area contributed by atoms with Crippen molar-refractivity contribution in [1.82, 2.24) is 0 Å². The summed E-state index contributed by atoms with van der Waals surface area (Å²) < 4.78 is 10.5. The van der Waals surface area contributed by atoms with Crippen LogP contribution in [0.3, 0.4) is 0 Å². The molecule has 0 saturated carbocycles. The molecule has 1 N–H and O–H groups in total. The van der Waals surface area contributed by atoms with Crippen LogP contribution in [0.1, 0.15) is 18.9 Å². The summed E-state index contributed by atoms with van der Waals surface area (Å²) in [6.45, 7) is 2.43. The Morgan fingerprint density at radius 2 is 2.00 bits per heavy atom. The molecule has 1 aromatic rings. The molecule has 0 radical (unpaired) electrons. The van der Waals surface area contributed by atoms with Gasteiger partial charge in [-0.2, -0.15) is 0 Å². The van der Waals surface area contributed by atoms with E-state index in [0.717, 1.165) is 6.42 Å². The van der Waals surface area contributed by atoms with Crippen molar-refractivity contribution < 1.29 is 19.4 Å². The molecule has 17 heavy (non-hydrogen) atoms. The Morgan fingerprint density at radius 3 is 2.53 bits per heavy atom. The van der Waals surface area contributed by atoms with E-state index in [1.165, 1.54) is 5.56 Å². The van der Waals surface area contributed by atoms with Crippen molar-refractivity contribution in [2.24, 2.45) is 0 Å². The van der Waals surface area contributed by atoms with Crippen LogP contribution in [0.5, 0.6) is 5.75 Å². The van der Waals surface area contributed by atoms with Crippen LogP contribution in [0.4, 0.5) is 0 Å². The van der Waals surface area contributed by atoms with Crippen molar-refractivity contribution >= 4 is 5.97 Å². The number of carboxylic acid groups (broad SMARTS) is 1. The summed E-state index contributed by atoms with van der Waals surface area (Å²) in [5.41, 5.74) is 1.17. The SMILES string of the molecule is COCCc1ccc(O[C@@H](C)CC(=O)O)cc1. The fourth-order valence-corrected chi connectivity index (χ4v) is 1.47. The van der Waals surface area contributed by atoms with Gasteiger partial charge in [0.1, 0.15) is 11.9 Å². The van der Waals surface area contributed by atoms with Gasteiger partial charge in [0, 0.05) is 7.11 Å². The topological polar surface area (TPSA) is 55.8 Å². The molecule has 0 aliphatic carbocycles. The molecule has 1 rings (SSSR count). The van der Waals surface area contributed by atoms with E-state index in [1.54, 1.807) is 14.0 Å². The standard InChI is InChI=1S/C13H18O4/c1-10(9-13(14)15)17-12-5-3-11(4-6-12)7-8-16-2/h3-6,10H,7-9H2,1-2H3,(H,14,15)/t10-/m0/s1. The number of ether oxygens (including phenoxy) is 2. The van der Waals surface area contributed by atoms with Crippen LogP contribution < -0.4 is 4.74 Å². The Labute approximate surface area is 101 Å². The molecule has 4 nitrogen and oxygen atoms in total. The molecule has 1 aromatic carbocycles. The first-order valence-electron chi connectivity index (χ1n) is 5.58. The summed E-state index contributed by atoms with van der Waals surface area (Å²) in [6.07, 6.45) is 0.546. The molecule has 0 saturated heterocycles.